The summed E-state index contributed by atoms with van der Waals surface area (Å²) >= 11 is 0. The van der Waals surface area contributed by atoms with E-state index in [4.69, 9.17) is 10.2 Å². The minimum atomic E-state index is -0.246. The molecule has 149 heavy (non-hydrogen) atoms. The molecule has 5 aliphatic rings. The number of carbonyl (C=O) groups is 10. The third-order valence-corrected chi connectivity index (χ3v) is 27.6. The topological polar surface area (TPSA) is 274 Å². The van der Waals surface area contributed by atoms with Crippen molar-refractivity contribution >= 4 is 98.5 Å². The third kappa shape index (κ3) is 45.6. The number of allylic oxidation sites excluding steroid dienone is 3. The number of aliphatic hydroxyl groups excluding tert-OH is 4. The number of unbranched alkanes of at least 4 members (excludes halogenated alkanes) is 2. The van der Waals surface area contributed by atoms with Crippen LogP contribution in [-0.4, -0.2) is 109 Å². The molecule has 21 heteroatoms. The maximum Gasteiger partial charge on any atom is 0.234 e. The van der Waals surface area contributed by atoms with Gasteiger partial charge in [-0.15, -0.1) is 0 Å². The van der Waals surface area contributed by atoms with Crippen molar-refractivity contribution in [2.24, 2.45) is 11.8 Å². The Bertz CT molecular complexity index is 5460. The highest BCUT2D eigenvalue weighted by Gasteiger charge is 2.34. The molecule has 0 bridgehead atoms. The standard InChI is InChI=1S/2C20H23NO2.C19H27NO2.2C18H25NO2.C17H23NO2.C16H21NO2/c1-16(13-17(2)22)14-20(23)21(19-11-7-4-8-12-19)15-18-9-5-3-6-10-18;1-17(22)10-8-9-15-20(23)21(19-13-6-3-7-14-19)16-18-11-4-2-5-12-18;1-16(21)10-8-9-15-19(22)20(17-11-4-2-5-12-17)18-13-6-3-7-14-18;1-14(13-15(2)20)18(21)19(16-9-5-3-6-10-16)17-11-7-4-8-12-17;1-15(20)9-8-14-18(21)19(16-10-4-2-5-11-16)17-12-6-3-7-13-17;1-14(19)12-13-17(20)18(15-8-4-2-5-9-15)16-10-6-3-7-11-16;1-13(18)12-16(19)17(14-8-4-2-5-9-14)15-10-6-3-7-11-15/h3-12,16H,13-15H2,1-2H3;2-7,11-14,22H,1,8-10,15-16H2;2,4-5,11-12,18,21H,1,3,6-10,13-15H2;3,5-6,9-10,14,17,20H,2,4,7-8,11-13H2,1H3;2,4-5,10-11,17H,3,6-9,12-14H2,1H3;2,4-5,8-9,16H,3,6-7,10-13H2,1H3;2,4-5,8-9,15,18H,1,3,6-7,10-12H2. The molecule has 5 fully saturated rings. The zero-order chi connectivity index (χ0) is 107. The summed E-state index contributed by atoms with van der Waals surface area (Å²) in [5, 5.41) is 36.9. The molecule has 2 unspecified atom stereocenters. The van der Waals surface area contributed by atoms with Crippen molar-refractivity contribution in [3.05, 3.63) is 333 Å². The molecule has 9 aromatic rings. The van der Waals surface area contributed by atoms with E-state index in [-0.39, 0.29) is 112 Å². The summed E-state index contributed by atoms with van der Waals surface area (Å²) in [6.07, 6.45) is 37.7. The first-order valence-electron chi connectivity index (χ1n) is 54.7. The van der Waals surface area contributed by atoms with Gasteiger partial charge < -0.3 is 69.1 Å². The lowest BCUT2D eigenvalue weighted by Gasteiger charge is -2.36. The lowest BCUT2D eigenvalue weighted by molar-refractivity contribution is -0.123. The number of anilines is 7. The molecule has 4 N–H and O–H groups in total. The quantitative estimate of drug-likeness (QED) is 0.0205. The van der Waals surface area contributed by atoms with Crippen molar-refractivity contribution in [2.75, 3.05) is 34.3 Å². The molecule has 0 aromatic heterocycles. The van der Waals surface area contributed by atoms with E-state index in [9.17, 15) is 58.2 Å². The normalized spacial score (nSPS) is 14.5. The highest BCUT2D eigenvalue weighted by atomic mass is 16.3. The van der Waals surface area contributed by atoms with Crippen LogP contribution in [0.25, 0.3) is 0 Å². The summed E-state index contributed by atoms with van der Waals surface area (Å²) in [6, 6.07) is 90.3. The molecule has 0 spiro atoms. The van der Waals surface area contributed by atoms with Gasteiger partial charge in [0.1, 0.15) is 17.3 Å². The highest BCUT2D eigenvalue weighted by Crippen LogP contribution is 2.36. The van der Waals surface area contributed by atoms with Crippen LogP contribution in [0.2, 0.25) is 0 Å². The summed E-state index contributed by atoms with van der Waals surface area (Å²) in [4.78, 5) is 135. The molecule has 21 nitrogen and oxygen atoms in total. The second-order valence-electron chi connectivity index (χ2n) is 40.4. The maximum absolute atomic E-state index is 12.9. The SMILES string of the molecule is C=C(O)CC(=O)N(c1ccccc1)C1CCCCC1.C=C(O)CC(C)C(=O)N(c1ccccc1)C1CCCCC1.C=C(O)CCCCC(=O)N(Cc1ccccc1)c1ccccc1.C=C(O)CCCCC(=O)N(c1ccccc1)C1CCCCC1.CC(=O)CC(C)CC(=O)N(Cc1ccccc1)c1ccccc1.CC(=O)CCC(=O)N(c1ccccc1)C1CCCCC1.CC(=O)CCCC(=O)N(c1ccccc1)C1CCCCC1. The van der Waals surface area contributed by atoms with E-state index in [1.54, 1.807) is 25.7 Å². The summed E-state index contributed by atoms with van der Waals surface area (Å²) in [6.45, 7) is 23.5. The Labute approximate surface area is 888 Å². The molecule has 798 valence electrons. The molecular weight excluding hydrogens is 1860 g/mol. The minimum absolute atomic E-state index is 0.00535. The van der Waals surface area contributed by atoms with Gasteiger partial charge in [-0.3, -0.25) is 33.6 Å². The van der Waals surface area contributed by atoms with Crippen LogP contribution < -0.4 is 34.3 Å². The number of carbonyl (C=O) groups excluding carboxylic acids is 10. The Kier molecular flexibility index (Phi) is 55.8. The zero-order valence-electron chi connectivity index (χ0n) is 89.5. The number of Topliss-reactive ketones (excluding diaryl/α,β-unsaturated/α-hetero) is 3. The summed E-state index contributed by atoms with van der Waals surface area (Å²) in [5.41, 5.74) is 8.85. The van der Waals surface area contributed by atoms with E-state index in [2.05, 4.69) is 26.3 Å². The van der Waals surface area contributed by atoms with Gasteiger partial charge in [-0.05, 0) is 219 Å². The smallest absolute Gasteiger partial charge is 0.234 e. The first-order chi connectivity index (χ1) is 72.0. The highest BCUT2D eigenvalue weighted by molar-refractivity contribution is 5.99. The number of ketones is 3. The number of hydrogen-bond acceptors (Lipinski definition) is 14. The van der Waals surface area contributed by atoms with Gasteiger partial charge in [0.2, 0.25) is 41.4 Å². The lowest BCUT2D eigenvalue weighted by atomic mass is 9.92. The van der Waals surface area contributed by atoms with Crippen LogP contribution in [0.5, 0.6) is 0 Å². The van der Waals surface area contributed by atoms with Crippen LogP contribution in [0.3, 0.4) is 0 Å². The zero-order valence-corrected chi connectivity index (χ0v) is 89.5. The van der Waals surface area contributed by atoms with E-state index in [0.717, 1.165) is 141 Å². The van der Waals surface area contributed by atoms with Crippen molar-refractivity contribution in [3.8, 4) is 0 Å². The summed E-state index contributed by atoms with van der Waals surface area (Å²) < 4.78 is 0. The van der Waals surface area contributed by atoms with Crippen LogP contribution in [0, 0.1) is 11.8 Å². The molecule has 9 aromatic carbocycles. The molecule has 2 atom stereocenters. The van der Waals surface area contributed by atoms with Crippen molar-refractivity contribution in [1.29, 1.82) is 0 Å². The molecule has 7 amide bonds. The minimum Gasteiger partial charge on any atom is -0.513 e. The van der Waals surface area contributed by atoms with Gasteiger partial charge in [-0.1, -0.05) is 325 Å². The van der Waals surface area contributed by atoms with E-state index < -0.39 is 0 Å². The van der Waals surface area contributed by atoms with Gasteiger partial charge in [0.25, 0.3) is 0 Å². The van der Waals surface area contributed by atoms with Gasteiger partial charge >= 0.3 is 0 Å². The van der Waals surface area contributed by atoms with E-state index in [1.165, 1.54) is 96.3 Å². The number of amides is 7. The second-order valence-corrected chi connectivity index (χ2v) is 40.4. The monoisotopic (exact) mass is 2030 g/mol. The maximum atomic E-state index is 12.9. The molecule has 0 aliphatic heterocycles. The average molecular weight is 2030 g/mol. The van der Waals surface area contributed by atoms with Crippen LogP contribution in [0.4, 0.5) is 39.8 Å². The van der Waals surface area contributed by atoms with Crippen molar-refractivity contribution < 1.29 is 68.4 Å². The van der Waals surface area contributed by atoms with Gasteiger partial charge in [-0.2, -0.15) is 0 Å². The average Bonchev–Trinajstić information content (AvgIpc) is 0.763. The Morgan fingerprint density at radius 3 is 0.792 bits per heavy atom. The van der Waals surface area contributed by atoms with E-state index in [0.29, 0.717) is 108 Å². The van der Waals surface area contributed by atoms with Crippen molar-refractivity contribution in [2.45, 2.75) is 348 Å². The number of benzene rings is 9. The van der Waals surface area contributed by atoms with Crippen LogP contribution in [-0.2, 0) is 61.0 Å². The fraction of sp³-hybridized carbons (Fsp3) is 0.438. The fourth-order valence-corrected chi connectivity index (χ4v) is 20.2. The number of para-hydroxylation sites is 7. The summed E-state index contributed by atoms with van der Waals surface area (Å²) in [7, 11) is 0. The van der Waals surface area contributed by atoms with Gasteiger partial charge in [0, 0.05) is 147 Å². The number of aliphatic hydroxyl groups is 4. The summed E-state index contributed by atoms with van der Waals surface area (Å²) in [5.74, 6) is 1.20. The van der Waals surface area contributed by atoms with Crippen LogP contribution in [0.15, 0.2) is 322 Å². The third-order valence-electron chi connectivity index (χ3n) is 27.6. The molecule has 0 heterocycles. The van der Waals surface area contributed by atoms with Gasteiger partial charge in [0.05, 0.1) is 42.5 Å². The largest absolute Gasteiger partial charge is 0.513 e. The molecule has 0 radical (unpaired) electrons. The Balaban J connectivity index is 0.000000212. The second kappa shape index (κ2) is 68.9. The first kappa shape index (κ1) is 121. The predicted octanol–water partition coefficient (Wildman–Crippen LogP) is 30.2. The van der Waals surface area contributed by atoms with E-state index >= 15 is 0 Å². The molecule has 0 saturated heterocycles. The van der Waals surface area contributed by atoms with Crippen LogP contribution >= 0.6 is 0 Å². The Morgan fingerprint density at radius 1 is 0.248 bits per heavy atom. The van der Waals surface area contributed by atoms with Crippen LogP contribution in [0.1, 0.15) is 315 Å². The first-order valence-corrected chi connectivity index (χ1v) is 54.7. The van der Waals surface area contributed by atoms with Gasteiger partial charge in [0.15, 0.2) is 0 Å². The Hall–Kier alpha value is -13.6. The van der Waals surface area contributed by atoms with Crippen molar-refractivity contribution in [1.82, 2.24) is 0 Å². The van der Waals surface area contributed by atoms with Crippen molar-refractivity contribution in [3.63, 3.8) is 0 Å². The number of nitrogens with zero attached hydrogens (tertiary/aromatic N) is 7. The molecule has 5 aliphatic carbocycles. The lowest BCUT2D eigenvalue weighted by Crippen LogP contribution is -2.44. The molecule has 5 saturated carbocycles. The number of hydrogen-bond donors (Lipinski definition) is 4. The fourth-order valence-electron chi connectivity index (χ4n) is 20.2. The number of rotatable bonds is 42. The molecule has 14 rings (SSSR count). The van der Waals surface area contributed by atoms with Gasteiger partial charge in [-0.25, -0.2) is 0 Å². The predicted molar refractivity (Wildman–Crippen MR) is 608 cm³/mol. The molecular formula is C128H167N7O14. The van der Waals surface area contributed by atoms with E-state index in [1.807, 2.05) is 316 Å². The Morgan fingerprint density at radius 2 is 0.503 bits per heavy atom.